The summed E-state index contributed by atoms with van der Waals surface area (Å²) in [5.74, 6) is 0.240. The number of halogens is 2. The fourth-order valence-electron chi connectivity index (χ4n) is 3.02. The average Bonchev–Trinajstić information content (AvgIpc) is 3.22. The number of likely N-dealkylation sites (tertiary alicyclic amines) is 1. The van der Waals surface area contributed by atoms with Crippen molar-refractivity contribution in [1.82, 2.24) is 4.90 Å². The van der Waals surface area contributed by atoms with Crippen molar-refractivity contribution < 1.29 is 4.79 Å². The lowest BCUT2D eigenvalue weighted by molar-refractivity contribution is -0.133. The van der Waals surface area contributed by atoms with Gasteiger partial charge in [-0.2, -0.15) is 0 Å². The van der Waals surface area contributed by atoms with Crippen LogP contribution in [0.25, 0.3) is 0 Å². The maximum absolute atomic E-state index is 12.4. The van der Waals surface area contributed by atoms with Gasteiger partial charge in [-0.15, -0.1) is 0 Å². The van der Waals surface area contributed by atoms with Crippen LogP contribution in [0.1, 0.15) is 43.7 Å². The molecule has 1 aliphatic heterocycles. The number of carbonyl (C=O) groups excluding carboxylic acids is 1. The van der Waals surface area contributed by atoms with Gasteiger partial charge in [-0.05, 0) is 59.3 Å². The van der Waals surface area contributed by atoms with Gasteiger partial charge < -0.3 is 10.6 Å². The maximum Gasteiger partial charge on any atom is 0.223 e. The van der Waals surface area contributed by atoms with Crippen LogP contribution in [-0.2, 0) is 4.79 Å². The second kappa shape index (κ2) is 5.66. The highest BCUT2D eigenvalue weighted by Gasteiger charge is 2.41. The van der Waals surface area contributed by atoms with E-state index in [4.69, 9.17) is 17.3 Å². The van der Waals surface area contributed by atoms with Crippen LogP contribution in [0.5, 0.6) is 0 Å². The zero-order chi connectivity index (χ0) is 14.3. The number of rotatable bonds is 2. The van der Waals surface area contributed by atoms with Crippen molar-refractivity contribution in [3.8, 4) is 0 Å². The molecule has 0 spiro atoms. The quantitative estimate of drug-likeness (QED) is 0.878. The van der Waals surface area contributed by atoms with E-state index in [2.05, 4.69) is 15.9 Å². The summed E-state index contributed by atoms with van der Waals surface area (Å²) in [6.07, 6.45) is 4.57. The molecule has 1 amide bonds. The van der Waals surface area contributed by atoms with E-state index >= 15 is 0 Å². The molecule has 1 aromatic rings. The third-order valence-electron chi connectivity index (χ3n) is 4.15. The molecule has 2 aliphatic rings. The summed E-state index contributed by atoms with van der Waals surface area (Å²) in [7, 11) is 0. The first-order chi connectivity index (χ1) is 9.58. The van der Waals surface area contributed by atoms with E-state index in [0.29, 0.717) is 17.5 Å². The molecular formula is C15H18BrClN2O. The first-order valence-corrected chi connectivity index (χ1v) is 8.26. The SMILES string of the molecule is NC1CCCC(=O)N(C2CC2)C1c1ccc(Br)c(Cl)c1. The largest absolute Gasteiger partial charge is 0.331 e. The first-order valence-electron chi connectivity index (χ1n) is 7.09. The molecule has 1 aromatic carbocycles. The molecule has 2 atom stereocenters. The fourth-order valence-corrected chi connectivity index (χ4v) is 3.46. The predicted octanol–water partition coefficient (Wildman–Crippen LogP) is 3.65. The Bertz CT molecular complexity index is 533. The molecular weight excluding hydrogens is 340 g/mol. The number of hydrogen-bond donors (Lipinski definition) is 1. The summed E-state index contributed by atoms with van der Waals surface area (Å²) in [5, 5.41) is 0.669. The van der Waals surface area contributed by atoms with Crippen LogP contribution in [0.3, 0.4) is 0 Å². The van der Waals surface area contributed by atoms with Crippen molar-refractivity contribution in [2.45, 2.75) is 50.2 Å². The molecule has 1 saturated carbocycles. The number of amides is 1. The Kier molecular flexibility index (Phi) is 4.07. The van der Waals surface area contributed by atoms with E-state index in [1.54, 1.807) is 0 Å². The van der Waals surface area contributed by atoms with Crippen LogP contribution in [0, 0.1) is 0 Å². The number of carbonyl (C=O) groups is 1. The monoisotopic (exact) mass is 356 g/mol. The Hall–Kier alpha value is -0.580. The Morgan fingerprint density at radius 2 is 2.05 bits per heavy atom. The van der Waals surface area contributed by atoms with Crippen LogP contribution >= 0.6 is 27.5 Å². The first kappa shape index (κ1) is 14.4. The van der Waals surface area contributed by atoms with Crippen LogP contribution in [-0.4, -0.2) is 22.9 Å². The molecule has 2 fully saturated rings. The van der Waals surface area contributed by atoms with Crippen molar-refractivity contribution in [3.05, 3.63) is 33.3 Å². The van der Waals surface area contributed by atoms with Crippen molar-refractivity contribution in [2.75, 3.05) is 0 Å². The molecule has 20 heavy (non-hydrogen) atoms. The van der Waals surface area contributed by atoms with Crippen LogP contribution < -0.4 is 5.73 Å². The summed E-state index contributed by atoms with van der Waals surface area (Å²) >= 11 is 9.62. The van der Waals surface area contributed by atoms with Gasteiger partial charge in [-0.25, -0.2) is 0 Å². The molecule has 1 heterocycles. The van der Waals surface area contributed by atoms with Gasteiger partial charge in [0.05, 0.1) is 11.1 Å². The zero-order valence-corrected chi connectivity index (χ0v) is 13.5. The smallest absolute Gasteiger partial charge is 0.223 e. The standard InChI is InChI=1S/C15H18BrClN2O/c16-11-7-4-9(8-12(11)17)15-13(18)2-1-3-14(20)19(15)10-5-6-10/h4,7-8,10,13,15H,1-3,5-6,18H2. The van der Waals surface area contributed by atoms with Crippen LogP contribution in [0.2, 0.25) is 5.02 Å². The molecule has 1 saturated heterocycles. The molecule has 0 aromatic heterocycles. The predicted molar refractivity (Wildman–Crippen MR) is 83.6 cm³/mol. The molecule has 0 radical (unpaired) electrons. The Morgan fingerprint density at radius 1 is 1.30 bits per heavy atom. The number of nitrogens with two attached hydrogens (primary N) is 1. The lowest BCUT2D eigenvalue weighted by Crippen LogP contribution is -2.43. The minimum absolute atomic E-state index is 0.0145. The Labute approximate surface area is 132 Å². The third-order valence-corrected chi connectivity index (χ3v) is 5.38. The Morgan fingerprint density at radius 3 is 2.70 bits per heavy atom. The molecule has 108 valence electrons. The second-order valence-corrected chi connectivity index (χ2v) is 6.97. The highest BCUT2D eigenvalue weighted by atomic mass is 79.9. The molecule has 0 bridgehead atoms. The van der Waals surface area contributed by atoms with E-state index in [1.165, 1.54) is 0 Å². The highest BCUT2D eigenvalue weighted by Crippen LogP contribution is 2.40. The average molecular weight is 358 g/mol. The highest BCUT2D eigenvalue weighted by molar-refractivity contribution is 9.10. The summed E-state index contributed by atoms with van der Waals surface area (Å²) in [6, 6.07) is 6.21. The summed E-state index contributed by atoms with van der Waals surface area (Å²) in [5.41, 5.74) is 7.42. The van der Waals surface area contributed by atoms with Gasteiger partial charge >= 0.3 is 0 Å². The number of benzene rings is 1. The minimum Gasteiger partial charge on any atom is -0.331 e. The van der Waals surface area contributed by atoms with E-state index < -0.39 is 0 Å². The van der Waals surface area contributed by atoms with Gasteiger partial charge in [0.1, 0.15) is 0 Å². The van der Waals surface area contributed by atoms with Crippen LogP contribution in [0.15, 0.2) is 22.7 Å². The molecule has 2 N–H and O–H groups in total. The lowest BCUT2D eigenvalue weighted by atomic mass is 9.96. The van der Waals surface area contributed by atoms with Gasteiger partial charge in [-0.3, -0.25) is 4.79 Å². The topological polar surface area (TPSA) is 46.3 Å². The van der Waals surface area contributed by atoms with Gasteiger partial charge in [0.2, 0.25) is 5.91 Å². The van der Waals surface area contributed by atoms with Crippen molar-refractivity contribution >= 4 is 33.4 Å². The number of nitrogens with zero attached hydrogens (tertiary/aromatic N) is 1. The summed E-state index contributed by atoms with van der Waals surface area (Å²) < 4.78 is 0.870. The molecule has 3 nitrogen and oxygen atoms in total. The van der Waals surface area contributed by atoms with E-state index in [-0.39, 0.29) is 18.0 Å². The second-order valence-electron chi connectivity index (χ2n) is 5.71. The van der Waals surface area contributed by atoms with Crippen molar-refractivity contribution in [1.29, 1.82) is 0 Å². The van der Waals surface area contributed by atoms with Crippen LogP contribution in [0.4, 0.5) is 0 Å². The normalized spacial score (nSPS) is 27.6. The van der Waals surface area contributed by atoms with E-state index in [0.717, 1.165) is 35.7 Å². The van der Waals surface area contributed by atoms with Crippen molar-refractivity contribution in [2.24, 2.45) is 5.73 Å². The molecule has 2 unspecified atom stereocenters. The lowest BCUT2D eigenvalue weighted by Gasteiger charge is -2.34. The number of hydrogen-bond acceptors (Lipinski definition) is 2. The van der Waals surface area contributed by atoms with Gasteiger partial charge in [0.15, 0.2) is 0 Å². The maximum atomic E-state index is 12.4. The van der Waals surface area contributed by atoms with Gasteiger partial charge in [-0.1, -0.05) is 17.7 Å². The molecule has 3 rings (SSSR count). The van der Waals surface area contributed by atoms with Crippen molar-refractivity contribution in [3.63, 3.8) is 0 Å². The summed E-state index contributed by atoms with van der Waals surface area (Å²) in [6.45, 7) is 0. The fraction of sp³-hybridized carbons (Fsp3) is 0.533. The third kappa shape index (κ3) is 2.74. The van der Waals surface area contributed by atoms with Gasteiger partial charge in [0, 0.05) is 23.0 Å². The molecule has 5 heteroatoms. The van der Waals surface area contributed by atoms with E-state index in [1.807, 2.05) is 23.1 Å². The van der Waals surface area contributed by atoms with Gasteiger partial charge in [0.25, 0.3) is 0 Å². The van der Waals surface area contributed by atoms with E-state index in [9.17, 15) is 4.79 Å². The Balaban J connectivity index is 2.00. The summed E-state index contributed by atoms with van der Waals surface area (Å²) in [4.78, 5) is 14.4. The molecule has 1 aliphatic carbocycles. The minimum atomic E-state index is -0.0388. The zero-order valence-electron chi connectivity index (χ0n) is 11.2.